The van der Waals surface area contributed by atoms with Gasteiger partial charge < -0.3 is 5.32 Å². The van der Waals surface area contributed by atoms with Crippen LogP contribution in [0.25, 0.3) is 0 Å². The van der Waals surface area contributed by atoms with Crippen molar-refractivity contribution in [2.75, 3.05) is 7.05 Å². The summed E-state index contributed by atoms with van der Waals surface area (Å²) in [4.78, 5) is 0. The third kappa shape index (κ3) is 2.40. The van der Waals surface area contributed by atoms with Gasteiger partial charge in [0.15, 0.2) is 11.6 Å². The Kier molecular flexibility index (Phi) is 3.24. The maximum Gasteiger partial charge on any atom is 0.159 e. The summed E-state index contributed by atoms with van der Waals surface area (Å²) >= 11 is 0. The Morgan fingerprint density at radius 2 is 2.06 bits per heavy atom. The zero-order valence-corrected chi connectivity index (χ0v) is 9.63. The van der Waals surface area contributed by atoms with Crippen molar-refractivity contribution in [1.29, 1.82) is 0 Å². The van der Waals surface area contributed by atoms with Crippen molar-refractivity contribution in [2.24, 2.45) is 11.8 Å². The van der Waals surface area contributed by atoms with E-state index in [0.717, 1.165) is 17.9 Å². The first-order valence-electron chi connectivity index (χ1n) is 5.73. The molecule has 2 rings (SSSR count). The first-order chi connectivity index (χ1) is 7.61. The number of nitrogens with one attached hydrogen (secondary N) is 1. The Morgan fingerprint density at radius 3 is 2.56 bits per heavy atom. The first-order valence-corrected chi connectivity index (χ1v) is 5.73. The molecule has 1 aliphatic rings. The zero-order chi connectivity index (χ0) is 11.7. The molecule has 1 fully saturated rings. The minimum atomic E-state index is -0.774. The summed E-state index contributed by atoms with van der Waals surface area (Å²) in [7, 11) is 1.93. The number of benzene rings is 1. The predicted octanol–water partition coefficient (Wildman–Crippen LogP) is 2.75. The Balaban J connectivity index is 2.04. The fourth-order valence-electron chi connectivity index (χ4n) is 2.30. The van der Waals surface area contributed by atoms with Crippen LogP contribution in [0.15, 0.2) is 18.2 Å². The maximum atomic E-state index is 13.0. The molecule has 88 valence electrons. The summed E-state index contributed by atoms with van der Waals surface area (Å²) in [5.74, 6) is -0.0957. The molecule has 3 atom stereocenters. The molecule has 16 heavy (non-hydrogen) atoms. The second-order valence-electron chi connectivity index (χ2n) is 4.72. The highest BCUT2D eigenvalue weighted by Crippen LogP contribution is 2.41. The smallest absolute Gasteiger partial charge is 0.159 e. The highest BCUT2D eigenvalue weighted by atomic mass is 19.2. The topological polar surface area (TPSA) is 12.0 Å². The Morgan fingerprint density at radius 1 is 1.38 bits per heavy atom. The molecule has 0 spiro atoms. The largest absolute Gasteiger partial charge is 0.316 e. The minimum absolute atomic E-state index is 0.375. The lowest BCUT2D eigenvalue weighted by molar-refractivity contribution is 0.473. The third-order valence-electron chi connectivity index (χ3n) is 3.50. The minimum Gasteiger partial charge on any atom is -0.316 e. The molecule has 1 saturated carbocycles. The maximum absolute atomic E-state index is 13.0. The number of hydrogen-bond donors (Lipinski definition) is 1. The van der Waals surface area contributed by atoms with Gasteiger partial charge in [-0.1, -0.05) is 13.0 Å². The van der Waals surface area contributed by atoms with Crippen LogP contribution in [0.1, 0.15) is 18.9 Å². The molecule has 0 bridgehead atoms. The van der Waals surface area contributed by atoms with Crippen molar-refractivity contribution < 1.29 is 8.78 Å². The zero-order valence-electron chi connectivity index (χ0n) is 9.63. The summed E-state index contributed by atoms with van der Waals surface area (Å²) < 4.78 is 25.8. The van der Waals surface area contributed by atoms with E-state index in [2.05, 4.69) is 12.2 Å². The molecule has 3 heteroatoms. The number of hydrogen-bond acceptors (Lipinski definition) is 1. The van der Waals surface area contributed by atoms with Gasteiger partial charge in [0.2, 0.25) is 0 Å². The molecule has 1 N–H and O–H groups in total. The van der Waals surface area contributed by atoms with Crippen LogP contribution in [0, 0.1) is 23.5 Å². The van der Waals surface area contributed by atoms with Crippen molar-refractivity contribution in [3.63, 3.8) is 0 Å². The van der Waals surface area contributed by atoms with Crippen LogP contribution in [0.3, 0.4) is 0 Å². The lowest BCUT2D eigenvalue weighted by atomic mass is 10.0. The van der Waals surface area contributed by atoms with Crippen molar-refractivity contribution in [2.45, 2.75) is 25.8 Å². The molecule has 0 saturated heterocycles. The summed E-state index contributed by atoms with van der Waals surface area (Å²) in [6.45, 7) is 2.22. The van der Waals surface area contributed by atoms with Gasteiger partial charge in [-0.05, 0) is 49.4 Å². The Labute approximate surface area is 94.9 Å². The number of likely N-dealkylation sites (N-methyl/N-ethyl adjacent to an activating group) is 1. The van der Waals surface area contributed by atoms with Gasteiger partial charge in [-0.25, -0.2) is 8.78 Å². The quantitative estimate of drug-likeness (QED) is 0.830. The van der Waals surface area contributed by atoms with Crippen LogP contribution < -0.4 is 5.32 Å². The van der Waals surface area contributed by atoms with Crippen LogP contribution in [-0.4, -0.2) is 13.1 Å². The molecular formula is C13H17F2N. The molecule has 1 aromatic rings. The molecular weight excluding hydrogens is 208 g/mol. The van der Waals surface area contributed by atoms with Gasteiger partial charge in [0.1, 0.15) is 0 Å². The van der Waals surface area contributed by atoms with Crippen LogP contribution in [0.2, 0.25) is 0 Å². The fraction of sp³-hybridized carbons (Fsp3) is 0.538. The van der Waals surface area contributed by atoms with E-state index in [9.17, 15) is 8.78 Å². The van der Waals surface area contributed by atoms with Gasteiger partial charge in [-0.3, -0.25) is 0 Å². The average molecular weight is 225 g/mol. The summed E-state index contributed by atoms with van der Waals surface area (Å²) in [5.41, 5.74) is 0.859. The van der Waals surface area contributed by atoms with E-state index in [1.54, 1.807) is 6.07 Å². The molecule has 0 aromatic heterocycles. The van der Waals surface area contributed by atoms with Gasteiger partial charge in [0.25, 0.3) is 0 Å². The summed E-state index contributed by atoms with van der Waals surface area (Å²) in [6.07, 6.45) is 2.00. The third-order valence-corrected chi connectivity index (χ3v) is 3.50. The molecule has 0 heterocycles. The van der Waals surface area contributed by atoms with E-state index in [4.69, 9.17) is 0 Å². The van der Waals surface area contributed by atoms with E-state index in [-0.39, 0.29) is 0 Å². The summed E-state index contributed by atoms with van der Waals surface area (Å²) in [5, 5.41) is 3.26. The molecule has 0 aliphatic heterocycles. The van der Waals surface area contributed by atoms with E-state index >= 15 is 0 Å². The lowest BCUT2D eigenvalue weighted by Crippen LogP contribution is -2.30. The van der Waals surface area contributed by atoms with Crippen LogP contribution >= 0.6 is 0 Å². The van der Waals surface area contributed by atoms with Gasteiger partial charge in [-0.15, -0.1) is 0 Å². The number of rotatable bonds is 4. The molecule has 1 nitrogen and oxygen atoms in total. The van der Waals surface area contributed by atoms with Crippen LogP contribution in [0.5, 0.6) is 0 Å². The molecule has 1 aliphatic carbocycles. The Hall–Kier alpha value is -0.960. The van der Waals surface area contributed by atoms with Gasteiger partial charge in [0.05, 0.1) is 0 Å². The van der Waals surface area contributed by atoms with E-state index < -0.39 is 11.6 Å². The van der Waals surface area contributed by atoms with Crippen LogP contribution in [0.4, 0.5) is 8.78 Å². The van der Waals surface area contributed by atoms with Gasteiger partial charge in [-0.2, -0.15) is 0 Å². The van der Waals surface area contributed by atoms with Crippen molar-refractivity contribution in [3.05, 3.63) is 35.4 Å². The molecule has 0 amide bonds. The van der Waals surface area contributed by atoms with E-state index in [1.165, 1.54) is 18.6 Å². The summed E-state index contributed by atoms with van der Waals surface area (Å²) in [6, 6.07) is 4.54. The highest BCUT2D eigenvalue weighted by molar-refractivity contribution is 5.19. The van der Waals surface area contributed by atoms with Crippen molar-refractivity contribution in [1.82, 2.24) is 5.32 Å². The fourth-order valence-corrected chi connectivity index (χ4v) is 2.30. The van der Waals surface area contributed by atoms with Crippen molar-refractivity contribution >= 4 is 0 Å². The van der Waals surface area contributed by atoms with Crippen molar-refractivity contribution in [3.8, 4) is 0 Å². The standard InChI is InChI=1S/C13H17F2N/c1-8-5-10(8)13(16-2)7-9-3-4-11(14)12(15)6-9/h3-4,6,8,10,13,16H,5,7H2,1-2H3. The monoisotopic (exact) mass is 225 g/mol. The first kappa shape index (κ1) is 11.5. The average Bonchev–Trinajstić information content (AvgIpc) is 2.97. The molecule has 1 aromatic carbocycles. The van der Waals surface area contributed by atoms with Gasteiger partial charge >= 0.3 is 0 Å². The lowest BCUT2D eigenvalue weighted by Gasteiger charge is -2.16. The van der Waals surface area contributed by atoms with E-state index in [1.807, 2.05) is 7.05 Å². The predicted molar refractivity (Wildman–Crippen MR) is 60.2 cm³/mol. The normalized spacial score (nSPS) is 25.5. The van der Waals surface area contributed by atoms with E-state index in [0.29, 0.717) is 12.0 Å². The second kappa shape index (κ2) is 4.50. The van der Waals surface area contributed by atoms with Crippen LogP contribution in [-0.2, 0) is 6.42 Å². The SMILES string of the molecule is CNC(Cc1ccc(F)c(F)c1)C1CC1C. The van der Waals surface area contributed by atoms with Gasteiger partial charge in [0, 0.05) is 6.04 Å². The number of halogens is 2. The molecule has 0 radical (unpaired) electrons. The Bertz CT molecular complexity index is 378. The second-order valence-corrected chi connectivity index (χ2v) is 4.72. The highest BCUT2D eigenvalue weighted by Gasteiger charge is 2.38. The molecule has 3 unspecified atom stereocenters.